The average Bonchev–Trinajstić information content (AvgIpc) is 2.68. The lowest BCUT2D eigenvalue weighted by Crippen LogP contribution is -2.05. The molecule has 0 aliphatic carbocycles. The lowest BCUT2D eigenvalue weighted by atomic mass is 10.1. The second-order valence-corrected chi connectivity index (χ2v) is 7.01. The van der Waals surface area contributed by atoms with Gasteiger partial charge >= 0.3 is 5.97 Å². The van der Waals surface area contributed by atoms with Gasteiger partial charge in [-0.25, -0.2) is 0 Å². The van der Waals surface area contributed by atoms with Crippen LogP contribution in [-0.2, 0) is 9.53 Å². The molecule has 1 rings (SSSR count). The fraction of sp³-hybridized carbons (Fsp3) is 0.708. The summed E-state index contributed by atoms with van der Waals surface area (Å²) in [6.45, 7) is 5.06. The van der Waals surface area contributed by atoms with Gasteiger partial charge in [-0.1, -0.05) is 121 Å². The lowest BCUT2D eigenvalue weighted by Gasteiger charge is -2.05. The summed E-state index contributed by atoms with van der Waals surface area (Å²) >= 11 is 0. The van der Waals surface area contributed by atoms with Gasteiger partial charge in [0.05, 0.1) is 6.61 Å². The number of benzene rings is 1. The van der Waals surface area contributed by atoms with Crippen molar-refractivity contribution in [1.82, 2.24) is 0 Å². The van der Waals surface area contributed by atoms with Gasteiger partial charge in [-0.15, -0.1) is 0 Å². The van der Waals surface area contributed by atoms with Gasteiger partial charge < -0.3 is 4.74 Å². The molecule has 0 spiro atoms. The zero-order valence-electron chi connectivity index (χ0n) is 17.4. The van der Waals surface area contributed by atoms with E-state index in [0.717, 1.165) is 12.8 Å². The van der Waals surface area contributed by atoms with Crippen LogP contribution in [0.2, 0.25) is 0 Å². The largest absolute Gasteiger partial charge is 0.466 e. The van der Waals surface area contributed by atoms with Gasteiger partial charge in [0, 0.05) is 6.42 Å². The van der Waals surface area contributed by atoms with Crippen molar-refractivity contribution in [2.45, 2.75) is 104 Å². The predicted molar refractivity (Wildman–Crippen MR) is 113 cm³/mol. The van der Waals surface area contributed by atoms with E-state index in [9.17, 15) is 4.79 Å². The van der Waals surface area contributed by atoms with E-state index in [2.05, 4.69) is 13.8 Å². The number of carbonyl (C=O) groups excluding carboxylic acids is 1. The minimum Gasteiger partial charge on any atom is -0.466 e. The molecule has 1 aromatic carbocycles. The Bertz CT molecular complexity index is 348. The molecule has 0 radical (unpaired) electrons. The van der Waals surface area contributed by atoms with Crippen LogP contribution in [-0.4, -0.2) is 12.6 Å². The van der Waals surface area contributed by atoms with Crippen molar-refractivity contribution in [3.8, 4) is 0 Å². The Morgan fingerprint density at radius 1 is 0.577 bits per heavy atom. The fourth-order valence-electron chi connectivity index (χ4n) is 2.75. The minimum atomic E-state index is 0.00412. The van der Waals surface area contributed by atoms with Gasteiger partial charge in [0.2, 0.25) is 0 Å². The molecule has 26 heavy (non-hydrogen) atoms. The van der Waals surface area contributed by atoms with Crippen molar-refractivity contribution in [3.63, 3.8) is 0 Å². The quantitative estimate of drug-likeness (QED) is 0.236. The van der Waals surface area contributed by atoms with Crippen molar-refractivity contribution >= 4 is 5.97 Å². The smallest absolute Gasteiger partial charge is 0.305 e. The highest BCUT2D eigenvalue weighted by Gasteiger charge is 2.02. The van der Waals surface area contributed by atoms with Crippen molar-refractivity contribution in [2.24, 2.45) is 0 Å². The molecule has 1 aromatic rings. The molecule has 0 bridgehead atoms. The molecule has 0 saturated carbocycles. The summed E-state index contributed by atoms with van der Waals surface area (Å²) in [6.07, 6.45) is 16.9. The van der Waals surface area contributed by atoms with Gasteiger partial charge in [-0.2, -0.15) is 0 Å². The molecule has 0 atom stereocenters. The maximum Gasteiger partial charge on any atom is 0.305 e. The first-order valence-electron chi connectivity index (χ1n) is 11.0. The van der Waals surface area contributed by atoms with Crippen LogP contribution in [0.5, 0.6) is 0 Å². The van der Waals surface area contributed by atoms with Crippen LogP contribution in [0.1, 0.15) is 104 Å². The van der Waals surface area contributed by atoms with Crippen LogP contribution in [0, 0.1) is 0 Å². The van der Waals surface area contributed by atoms with Gasteiger partial charge in [0.15, 0.2) is 0 Å². The molecule has 2 nitrogen and oxygen atoms in total. The molecule has 2 heteroatoms. The normalized spacial score (nSPS) is 10.1. The maximum atomic E-state index is 11.5. The first-order chi connectivity index (χ1) is 12.8. The first kappa shape index (κ1) is 24.7. The molecule has 0 aliphatic rings. The fourth-order valence-corrected chi connectivity index (χ4v) is 2.75. The molecule has 0 fully saturated rings. The van der Waals surface area contributed by atoms with Gasteiger partial charge in [-0.3, -0.25) is 4.79 Å². The van der Waals surface area contributed by atoms with Crippen LogP contribution in [0.15, 0.2) is 36.4 Å². The topological polar surface area (TPSA) is 26.3 Å². The van der Waals surface area contributed by atoms with Crippen molar-refractivity contribution < 1.29 is 9.53 Å². The molecular formula is C24H42O2. The third-order valence-corrected chi connectivity index (χ3v) is 4.41. The highest BCUT2D eigenvalue weighted by molar-refractivity contribution is 5.69. The number of carbonyl (C=O) groups is 1. The molecule has 0 saturated heterocycles. The number of ether oxygens (including phenoxy) is 1. The average molecular weight is 363 g/mol. The van der Waals surface area contributed by atoms with Gasteiger partial charge in [0.1, 0.15) is 0 Å². The Morgan fingerprint density at radius 3 is 1.42 bits per heavy atom. The Labute approximate surface area is 162 Å². The zero-order chi connectivity index (χ0) is 19.1. The molecule has 0 heterocycles. The van der Waals surface area contributed by atoms with Crippen LogP contribution in [0.4, 0.5) is 0 Å². The summed E-state index contributed by atoms with van der Waals surface area (Å²) in [5, 5.41) is 0. The van der Waals surface area contributed by atoms with Crippen LogP contribution in [0.3, 0.4) is 0 Å². The van der Waals surface area contributed by atoms with E-state index in [4.69, 9.17) is 4.74 Å². The summed E-state index contributed by atoms with van der Waals surface area (Å²) in [7, 11) is 0. The molecular weight excluding hydrogens is 320 g/mol. The van der Waals surface area contributed by atoms with Crippen LogP contribution >= 0.6 is 0 Å². The summed E-state index contributed by atoms with van der Waals surface area (Å²) in [4.78, 5) is 11.5. The summed E-state index contributed by atoms with van der Waals surface area (Å²) < 4.78 is 5.22. The first-order valence-corrected chi connectivity index (χ1v) is 11.0. The molecule has 150 valence electrons. The number of esters is 1. The summed E-state index contributed by atoms with van der Waals surface area (Å²) in [6, 6.07) is 12.0. The minimum absolute atomic E-state index is 0.00412. The highest BCUT2D eigenvalue weighted by Crippen LogP contribution is 2.11. The summed E-state index contributed by atoms with van der Waals surface area (Å²) in [5.74, 6) is 0.00412. The van der Waals surface area contributed by atoms with Crippen LogP contribution < -0.4 is 0 Å². The van der Waals surface area contributed by atoms with E-state index in [1.807, 2.05) is 36.4 Å². The van der Waals surface area contributed by atoms with E-state index in [1.54, 1.807) is 0 Å². The Hall–Kier alpha value is -1.31. The van der Waals surface area contributed by atoms with E-state index in [0.29, 0.717) is 13.0 Å². The monoisotopic (exact) mass is 362 g/mol. The van der Waals surface area contributed by atoms with E-state index < -0.39 is 0 Å². The Balaban J connectivity index is 0.000000867. The second kappa shape index (κ2) is 21.7. The number of unbranched alkanes of at least 4 members (excludes halogenated alkanes) is 11. The number of hydrogen-bond donors (Lipinski definition) is 0. The van der Waals surface area contributed by atoms with E-state index in [-0.39, 0.29) is 5.97 Å². The second-order valence-electron chi connectivity index (χ2n) is 7.01. The maximum absolute atomic E-state index is 11.5. The van der Waals surface area contributed by atoms with Gasteiger partial charge in [0.25, 0.3) is 0 Å². The zero-order valence-corrected chi connectivity index (χ0v) is 17.4. The van der Waals surface area contributed by atoms with Gasteiger partial charge in [-0.05, 0) is 12.8 Å². The van der Waals surface area contributed by atoms with Crippen LogP contribution in [0.25, 0.3) is 0 Å². The molecule has 0 N–H and O–H groups in total. The molecule has 0 aromatic heterocycles. The number of rotatable bonds is 15. The molecule has 0 unspecified atom stereocenters. The third-order valence-electron chi connectivity index (χ3n) is 4.41. The van der Waals surface area contributed by atoms with E-state index in [1.165, 1.54) is 70.6 Å². The number of hydrogen-bond acceptors (Lipinski definition) is 2. The SMILES string of the molecule is CCCCCCCCCCCC(=O)OCCCCCC.c1ccccc1. The summed E-state index contributed by atoms with van der Waals surface area (Å²) in [5.41, 5.74) is 0. The van der Waals surface area contributed by atoms with Crippen molar-refractivity contribution in [1.29, 1.82) is 0 Å². The highest BCUT2D eigenvalue weighted by atomic mass is 16.5. The molecule has 0 aliphatic heterocycles. The predicted octanol–water partition coefficient (Wildman–Crippen LogP) is 7.72. The van der Waals surface area contributed by atoms with Crippen molar-refractivity contribution in [2.75, 3.05) is 6.61 Å². The van der Waals surface area contributed by atoms with E-state index >= 15 is 0 Å². The Kier molecular flexibility index (Phi) is 20.6. The standard InChI is InChI=1S/C18H36O2.C6H6/c1-3-5-7-9-10-11-12-13-14-16-18(19)20-17-15-8-6-4-2;1-2-4-6-5-3-1/h3-17H2,1-2H3;1-6H. The lowest BCUT2D eigenvalue weighted by molar-refractivity contribution is -0.143. The van der Waals surface area contributed by atoms with Crippen molar-refractivity contribution in [3.05, 3.63) is 36.4 Å². The third kappa shape index (κ3) is 20.7. The Morgan fingerprint density at radius 2 is 0.962 bits per heavy atom. The molecule has 0 amide bonds.